The van der Waals surface area contributed by atoms with Crippen molar-refractivity contribution in [3.8, 4) is 0 Å². The fourth-order valence-electron chi connectivity index (χ4n) is 3.84. The molecule has 4 rings (SSSR count). The Morgan fingerprint density at radius 3 is 1.88 bits per heavy atom. The molecule has 10 nitrogen and oxygen atoms in total. The predicted octanol–water partition coefficient (Wildman–Crippen LogP) is 2.76. The van der Waals surface area contributed by atoms with E-state index in [4.69, 9.17) is 4.74 Å². The summed E-state index contributed by atoms with van der Waals surface area (Å²) in [6.45, 7) is -0.189. The van der Waals surface area contributed by atoms with Gasteiger partial charge in [0.05, 0.1) is 11.1 Å². The standard InChI is InChI=1S/C24H18N2O8/c27-20-14-6-8-16(22(29)30)19-17(23(31)32)9-7-15(18(14)19)21(28)26(20)11-10-25-24(33)34-12-13-4-2-1-3-5-13/h1-9H,10-12H2,(H,25,33)(H,29,30)(H,31,32). The second-order valence-electron chi connectivity index (χ2n) is 7.43. The highest BCUT2D eigenvalue weighted by Crippen LogP contribution is 2.34. The van der Waals surface area contributed by atoms with Crippen LogP contribution in [0.5, 0.6) is 0 Å². The smallest absolute Gasteiger partial charge is 0.407 e. The van der Waals surface area contributed by atoms with E-state index < -0.39 is 29.8 Å². The third-order valence-corrected chi connectivity index (χ3v) is 5.39. The molecule has 1 aliphatic rings. The molecule has 1 aliphatic heterocycles. The molecule has 0 saturated heterocycles. The van der Waals surface area contributed by atoms with Crippen LogP contribution in [0.2, 0.25) is 0 Å². The third-order valence-electron chi connectivity index (χ3n) is 5.39. The number of benzene rings is 3. The van der Waals surface area contributed by atoms with Gasteiger partial charge in [0.25, 0.3) is 11.8 Å². The lowest BCUT2D eigenvalue weighted by Gasteiger charge is -2.28. The Morgan fingerprint density at radius 1 is 0.794 bits per heavy atom. The maximum Gasteiger partial charge on any atom is 0.407 e. The summed E-state index contributed by atoms with van der Waals surface area (Å²) in [4.78, 5) is 62.3. The van der Waals surface area contributed by atoms with Crippen LogP contribution in [0.15, 0.2) is 54.6 Å². The Morgan fingerprint density at radius 2 is 1.35 bits per heavy atom. The molecule has 1 heterocycles. The van der Waals surface area contributed by atoms with Crippen LogP contribution in [0.4, 0.5) is 4.79 Å². The zero-order valence-corrected chi connectivity index (χ0v) is 17.6. The highest BCUT2D eigenvalue weighted by atomic mass is 16.5. The van der Waals surface area contributed by atoms with Gasteiger partial charge in [0, 0.05) is 35.0 Å². The van der Waals surface area contributed by atoms with Gasteiger partial charge in [-0.15, -0.1) is 0 Å². The molecule has 0 atom stereocenters. The van der Waals surface area contributed by atoms with E-state index in [2.05, 4.69) is 5.32 Å². The largest absolute Gasteiger partial charge is 0.478 e. The summed E-state index contributed by atoms with van der Waals surface area (Å²) in [7, 11) is 0. The lowest BCUT2D eigenvalue weighted by molar-refractivity contribution is 0.0603. The number of nitrogens with zero attached hydrogens (tertiary/aromatic N) is 1. The van der Waals surface area contributed by atoms with Crippen molar-refractivity contribution in [2.45, 2.75) is 6.61 Å². The summed E-state index contributed by atoms with van der Waals surface area (Å²) < 4.78 is 5.10. The van der Waals surface area contributed by atoms with Crippen LogP contribution in [0.1, 0.15) is 47.0 Å². The molecule has 0 radical (unpaired) electrons. The van der Waals surface area contributed by atoms with Gasteiger partial charge in [-0.25, -0.2) is 14.4 Å². The zero-order chi connectivity index (χ0) is 24.4. The van der Waals surface area contributed by atoms with Gasteiger partial charge in [-0.05, 0) is 29.8 Å². The van der Waals surface area contributed by atoms with E-state index in [1.54, 1.807) is 24.3 Å². The van der Waals surface area contributed by atoms with E-state index in [1.807, 2.05) is 6.07 Å². The van der Waals surface area contributed by atoms with Crippen molar-refractivity contribution in [1.29, 1.82) is 0 Å². The van der Waals surface area contributed by atoms with Gasteiger partial charge in [-0.1, -0.05) is 30.3 Å². The number of amides is 3. The van der Waals surface area contributed by atoms with Crippen molar-refractivity contribution < 1.29 is 38.9 Å². The maximum atomic E-state index is 13.0. The van der Waals surface area contributed by atoms with E-state index in [0.717, 1.165) is 22.6 Å². The van der Waals surface area contributed by atoms with Gasteiger partial charge >= 0.3 is 18.0 Å². The van der Waals surface area contributed by atoms with Crippen LogP contribution in [-0.2, 0) is 11.3 Å². The quantitative estimate of drug-likeness (QED) is 0.454. The molecule has 3 aromatic carbocycles. The summed E-state index contributed by atoms with van der Waals surface area (Å²) in [5, 5.41) is 21.3. The first-order chi connectivity index (χ1) is 16.3. The first-order valence-electron chi connectivity index (χ1n) is 10.2. The molecule has 3 N–H and O–H groups in total. The Labute approximate surface area is 192 Å². The number of nitrogens with one attached hydrogen (secondary N) is 1. The van der Waals surface area contributed by atoms with Gasteiger partial charge < -0.3 is 20.3 Å². The summed E-state index contributed by atoms with van der Waals surface area (Å²) >= 11 is 0. The number of alkyl carbamates (subject to hydrolysis) is 1. The molecule has 172 valence electrons. The SMILES string of the molecule is O=C(NCCN1C(=O)c2ccc(C(=O)O)c3c(C(=O)O)ccc(c23)C1=O)OCc1ccccc1. The van der Waals surface area contributed by atoms with Crippen molar-refractivity contribution in [2.75, 3.05) is 13.1 Å². The monoisotopic (exact) mass is 462 g/mol. The van der Waals surface area contributed by atoms with E-state index in [1.165, 1.54) is 12.1 Å². The molecule has 0 fully saturated rings. The molecular weight excluding hydrogens is 444 g/mol. The van der Waals surface area contributed by atoms with Crippen molar-refractivity contribution in [3.63, 3.8) is 0 Å². The van der Waals surface area contributed by atoms with Gasteiger partial charge in [0.2, 0.25) is 0 Å². The topological polar surface area (TPSA) is 150 Å². The predicted molar refractivity (Wildman–Crippen MR) is 118 cm³/mol. The lowest BCUT2D eigenvalue weighted by atomic mass is 9.88. The Bertz CT molecular complexity index is 1280. The number of hydrogen-bond donors (Lipinski definition) is 3. The van der Waals surface area contributed by atoms with E-state index >= 15 is 0 Å². The van der Waals surface area contributed by atoms with Gasteiger partial charge in [-0.2, -0.15) is 0 Å². The number of aromatic carboxylic acids is 2. The van der Waals surface area contributed by atoms with E-state index in [0.29, 0.717) is 0 Å². The molecule has 3 aromatic rings. The first-order valence-corrected chi connectivity index (χ1v) is 10.2. The molecule has 0 unspecified atom stereocenters. The van der Waals surface area contributed by atoms with Crippen molar-refractivity contribution >= 4 is 40.6 Å². The summed E-state index contributed by atoms with van der Waals surface area (Å²) in [6.07, 6.45) is -0.722. The van der Waals surface area contributed by atoms with Crippen LogP contribution < -0.4 is 5.32 Å². The second kappa shape index (κ2) is 9.02. The summed E-state index contributed by atoms with van der Waals surface area (Å²) in [6, 6.07) is 13.8. The van der Waals surface area contributed by atoms with Crippen molar-refractivity contribution in [3.05, 3.63) is 82.4 Å². The summed E-state index contributed by atoms with van der Waals surface area (Å²) in [5.74, 6) is -4.21. The van der Waals surface area contributed by atoms with Crippen molar-refractivity contribution in [2.24, 2.45) is 0 Å². The number of rotatable bonds is 7. The number of ether oxygens (including phenoxy) is 1. The Kier molecular flexibility index (Phi) is 5.96. The van der Waals surface area contributed by atoms with Gasteiger partial charge in [0.15, 0.2) is 0 Å². The van der Waals surface area contributed by atoms with Crippen LogP contribution in [0.3, 0.4) is 0 Å². The third kappa shape index (κ3) is 4.04. The first kappa shape index (κ1) is 22.5. The minimum absolute atomic E-state index is 0.00403. The van der Waals surface area contributed by atoms with Crippen LogP contribution in [-0.4, -0.2) is 58.0 Å². The fraction of sp³-hybridized carbons (Fsp3) is 0.125. The van der Waals surface area contributed by atoms with Gasteiger partial charge in [-0.3, -0.25) is 14.5 Å². The number of carboxylic acids is 2. The van der Waals surface area contributed by atoms with Crippen molar-refractivity contribution in [1.82, 2.24) is 10.2 Å². The molecule has 34 heavy (non-hydrogen) atoms. The highest BCUT2D eigenvalue weighted by molar-refractivity contribution is 6.29. The molecule has 0 bridgehead atoms. The molecule has 0 spiro atoms. The Balaban J connectivity index is 1.54. The molecule has 0 saturated carbocycles. The average Bonchev–Trinajstić information content (AvgIpc) is 2.83. The Hall–Kier alpha value is -4.73. The highest BCUT2D eigenvalue weighted by Gasteiger charge is 2.35. The number of hydrogen-bond acceptors (Lipinski definition) is 6. The number of carbonyl (C=O) groups excluding carboxylic acids is 3. The number of carboxylic acid groups (broad SMARTS) is 2. The molecular formula is C24H18N2O8. The zero-order valence-electron chi connectivity index (χ0n) is 17.6. The number of imide groups is 1. The average molecular weight is 462 g/mol. The molecule has 0 aromatic heterocycles. The molecule has 10 heteroatoms. The normalized spacial score (nSPS) is 12.5. The number of carbonyl (C=O) groups is 5. The summed E-state index contributed by atoms with van der Waals surface area (Å²) in [5.41, 5.74) is 0.156. The molecule has 3 amide bonds. The second-order valence-corrected chi connectivity index (χ2v) is 7.43. The van der Waals surface area contributed by atoms with Gasteiger partial charge in [0.1, 0.15) is 6.61 Å². The van der Waals surface area contributed by atoms with E-state index in [9.17, 15) is 34.2 Å². The van der Waals surface area contributed by atoms with E-state index in [-0.39, 0.29) is 52.7 Å². The fourth-order valence-corrected chi connectivity index (χ4v) is 3.84. The minimum Gasteiger partial charge on any atom is -0.478 e. The maximum absolute atomic E-state index is 13.0. The molecule has 0 aliphatic carbocycles. The minimum atomic E-state index is -1.38. The lowest BCUT2D eigenvalue weighted by Crippen LogP contribution is -2.44. The van der Waals surface area contributed by atoms with Crippen LogP contribution in [0.25, 0.3) is 10.8 Å². The van der Waals surface area contributed by atoms with Crippen LogP contribution >= 0.6 is 0 Å². The van der Waals surface area contributed by atoms with Crippen LogP contribution in [0, 0.1) is 0 Å².